The van der Waals surface area contributed by atoms with E-state index in [1.54, 1.807) is 0 Å². The van der Waals surface area contributed by atoms with Gasteiger partial charge < -0.3 is 9.80 Å². The van der Waals surface area contributed by atoms with Crippen molar-refractivity contribution >= 4 is 0 Å². The van der Waals surface area contributed by atoms with Gasteiger partial charge >= 0.3 is 0 Å². The maximum absolute atomic E-state index is 3.10. The van der Waals surface area contributed by atoms with Crippen LogP contribution in [0.25, 0.3) is 0 Å². The summed E-state index contributed by atoms with van der Waals surface area (Å²) in [6.07, 6.45) is 7.36. The summed E-state index contributed by atoms with van der Waals surface area (Å²) in [7, 11) is 2.19. The molecule has 0 atom stereocenters. The van der Waals surface area contributed by atoms with Gasteiger partial charge in [-0.15, -0.1) is 5.73 Å². The molecule has 0 aromatic carbocycles. The van der Waals surface area contributed by atoms with Crippen molar-refractivity contribution in [2.45, 2.75) is 6.42 Å². The molecule has 0 saturated carbocycles. The normalized spacial score (nSPS) is 23.5. The van der Waals surface area contributed by atoms with Crippen molar-refractivity contribution < 1.29 is 0 Å². The molecular weight excluding hydrogens is 160 g/mol. The average molecular weight is 176 g/mol. The van der Waals surface area contributed by atoms with E-state index in [0.717, 1.165) is 6.42 Å². The Morgan fingerprint density at radius 1 is 1.23 bits per heavy atom. The molecule has 1 aliphatic heterocycles. The highest BCUT2D eigenvalue weighted by Gasteiger charge is 2.15. The minimum atomic E-state index is 1.06. The Bertz CT molecular complexity index is 264. The van der Waals surface area contributed by atoms with E-state index < -0.39 is 0 Å². The Morgan fingerprint density at radius 2 is 2.00 bits per heavy atom. The highest BCUT2D eigenvalue weighted by Crippen LogP contribution is 2.14. The summed E-state index contributed by atoms with van der Waals surface area (Å²) >= 11 is 0. The predicted molar refractivity (Wildman–Crippen MR) is 54.4 cm³/mol. The Hall–Kier alpha value is -0.980. The van der Waals surface area contributed by atoms with Crippen molar-refractivity contribution in [2.75, 3.05) is 33.2 Å². The van der Waals surface area contributed by atoms with Crippen LogP contribution in [0.15, 0.2) is 29.7 Å². The molecule has 2 heteroatoms. The van der Waals surface area contributed by atoms with E-state index in [1.807, 2.05) is 6.08 Å². The van der Waals surface area contributed by atoms with Gasteiger partial charge in [0.25, 0.3) is 0 Å². The maximum Gasteiger partial charge on any atom is 0.0303 e. The fourth-order valence-corrected chi connectivity index (χ4v) is 1.77. The van der Waals surface area contributed by atoms with Crippen LogP contribution in [0, 0.1) is 0 Å². The van der Waals surface area contributed by atoms with Gasteiger partial charge in [-0.1, -0.05) is 0 Å². The third-order valence-corrected chi connectivity index (χ3v) is 2.71. The molecular formula is C11H16N2. The smallest absolute Gasteiger partial charge is 0.0303 e. The number of hydrogen-bond acceptors (Lipinski definition) is 2. The monoisotopic (exact) mass is 176 g/mol. The minimum absolute atomic E-state index is 1.06. The Labute approximate surface area is 79.8 Å². The Morgan fingerprint density at radius 3 is 2.62 bits per heavy atom. The van der Waals surface area contributed by atoms with Gasteiger partial charge in [0.2, 0.25) is 0 Å². The van der Waals surface area contributed by atoms with E-state index in [9.17, 15) is 0 Å². The lowest BCUT2D eigenvalue weighted by Gasteiger charge is -2.35. The summed E-state index contributed by atoms with van der Waals surface area (Å²) in [6.45, 7) is 4.71. The summed E-state index contributed by atoms with van der Waals surface area (Å²) < 4.78 is 0. The number of likely N-dealkylation sites (N-methyl/N-ethyl adjacent to an activating group) is 1. The van der Waals surface area contributed by atoms with Crippen LogP contribution in [0.5, 0.6) is 0 Å². The summed E-state index contributed by atoms with van der Waals surface area (Å²) in [5.41, 5.74) is 4.55. The summed E-state index contributed by atoms with van der Waals surface area (Å²) in [5, 5.41) is 0. The predicted octanol–water partition coefficient (Wildman–Crippen LogP) is 1.23. The van der Waals surface area contributed by atoms with Crippen molar-refractivity contribution in [3.05, 3.63) is 29.7 Å². The van der Waals surface area contributed by atoms with Crippen molar-refractivity contribution in [1.82, 2.24) is 9.80 Å². The van der Waals surface area contributed by atoms with E-state index in [0.29, 0.717) is 0 Å². The highest BCUT2D eigenvalue weighted by atomic mass is 15.2. The van der Waals surface area contributed by atoms with E-state index >= 15 is 0 Å². The molecule has 70 valence electrons. The zero-order chi connectivity index (χ0) is 9.10. The molecule has 1 saturated heterocycles. The second kappa shape index (κ2) is 3.82. The Balaban J connectivity index is 1.95. The second-order valence-electron chi connectivity index (χ2n) is 3.69. The molecule has 13 heavy (non-hydrogen) atoms. The van der Waals surface area contributed by atoms with E-state index in [4.69, 9.17) is 0 Å². The molecule has 0 aromatic rings. The number of nitrogens with zero attached hydrogens (tertiary/aromatic N) is 2. The lowest BCUT2D eigenvalue weighted by atomic mass is 10.2. The molecule has 0 aromatic heterocycles. The van der Waals surface area contributed by atoms with Gasteiger partial charge in [0.1, 0.15) is 0 Å². The third kappa shape index (κ3) is 2.03. The van der Waals surface area contributed by atoms with E-state index in [2.05, 4.69) is 34.7 Å². The zero-order valence-corrected chi connectivity index (χ0v) is 8.16. The maximum atomic E-state index is 3.10. The van der Waals surface area contributed by atoms with Crippen LogP contribution in [0.4, 0.5) is 0 Å². The largest absolute Gasteiger partial charge is 0.372 e. The molecule has 1 heterocycles. The molecule has 2 rings (SSSR count). The second-order valence-corrected chi connectivity index (χ2v) is 3.69. The molecule has 0 spiro atoms. The lowest BCUT2D eigenvalue weighted by Crippen LogP contribution is -2.43. The zero-order valence-electron chi connectivity index (χ0n) is 8.16. The van der Waals surface area contributed by atoms with Gasteiger partial charge in [-0.2, -0.15) is 0 Å². The topological polar surface area (TPSA) is 6.48 Å². The molecule has 0 N–H and O–H groups in total. The highest BCUT2D eigenvalue weighted by molar-refractivity contribution is 5.19. The van der Waals surface area contributed by atoms with Crippen molar-refractivity contribution in [3.63, 3.8) is 0 Å². The Kier molecular flexibility index (Phi) is 2.53. The van der Waals surface area contributed by atoms with Crippen LogP contribution in [-0.2, 0) is 0 Å². The van der Waals surface area contributed by atoms with Gasteiger partial charge in [0, 0.05) is 38.3 Å². The third-order valence-electron chi connectivity index (χ3n) is 2.71. The fraction of sp³-hybridized carbons (Fsp3) is 0.545. The van der Waals surface area contributed by atoms with Crippen LogP contribution >= 0.6 is 0 Å². The molecule has 2 aliphatic rings. The molecule has 0 unspecified atom stereocenters. The molecule has 0 radical (unpaired) electrons. The minimum Gasteiger partial charge on any atom is -0.372 e. The SMILES string of the molecule is CN1CCN(C2=CC=C=CC2)CC1. The first kappa shape index (κ1) is 8.61. The molecule has 0 amide bonds. The van der Waals surface area contributed by atoms with Gasteiger partial charge in [0.15, 0.2) is 0 Å². The van der Waals surface area contributed by atoms with Gasteiger partial charge in [-0.3, -0.25) is 0 Å². The van der Waals surface area contributed by atoms with Crippen molar-refractivity contribution in [2.24, 2.45) is 0 Å². The quantitative estimate of drug-likeness (QED) is 0.554. The van der Waals surface area contributed by atoms with E-state index in [-0.39, 0.29) is 0 Å². The van der Waals surface area contributed by atoms with Crippen LogP contribution in [0.1, 0.15) is 6.42 Å². The molecule has 1 fully saturated rings. The average Bonchev–Trinajstić information content (AvgIpc) is 2.20. The summed E-state index contributed by atoms with van der Waals surface area (Å²) in [6, 6.07) is 0. The van der Waals surface area contributed by atoms with E-state index in [1.165, 1.54) is 31.9 Å². The first-order chi connectivity index (χ1) is 6.36. The lowest BCUT2D eigenvalue weighted by molar-refractivity contribution is 0.184. The van der Waals surface area contributed by atoms with Crippen LogP contribution in [-0.4, -0.2) is 43.0 Å². The van der Waals surface area contributed by atoms with Crippen LogP contribution in [0.2, 0.25) is 0 Å². The van der Waals surface area contributed by atoms with Crippen LogP contribution < -0.4 is 0 Å². The molecule has 1 aliphatic carbocycles. The molecule has 2 nitrogen and oxygen atoms in total. The fourth-order valence-electron chi connectivity index (χ4n) is 1.77. The first-order valence-corrected chi connectivity index (χ1v) is 4.90. The van der Waals surface area contributed by atoms with Gasteiger partial charge in [0.05, 0.1) is 0 Å². The van der Waals surface area contributed by atoms with Gasteiger partial charge in [-0.05, 0) is 25.3 Å². The number of rotatable bonds is 1. The standard InChI is InChI=1S/C11H16N2/c1-12-7-9-13(10-8-12)11-5-3-2-4-6-11/h3-5H,6-10H2,1H3. The summed E-state index contributed by atoms with van der Waals surface area (Å²) in [5.74, 6) is 0. The van der Waals surface area contributed by atoms with Crippen LogP contribution in [0.3, 0.4) is 0 Å². The number of hydrogen-bond donors (Lipinski definition) is 0. The van der Waals surface area contributed by atoms with Crippen molar-refractivity contribution in [3.8, 4) is 0 Å². The number of piperazine rings is 1. The first-order valence-electron chi connectivity index (χ1n) is 4.90. The van der Waals surface area contributed by atoms with Gasteiger partial charge in [-0.25, -0.2) is 0 Å². The number of allylic oxidation sites excluding steroid dienone is 2. The van der Waals surface area contributed by atoms with Crippen molar-refractivity contribution in [1.29, 1.82) is 0 Å². The summed E-state index contributed by atoms with van der Waals surface area (Å²) in [4.78, 5) is 4.86. The molecule has 0 bridgehead atoms.